The number of nitrogens with one attached hydrogen (secondary N) is 2. The van der Waals surface area contributed by atoms with E-state index in [1.807, 2.05) is 0 Å². The van der Waals surface area contributed by atoms with Crippen molar-refractivity contribution in [1.29, 1.82) is 0 Å². The standard InChI is InChI=1S/C11H14N2O5S/c14-11(15)7-18-10-5-3-9(4-6-10)13-19(16,17)12-8-1-2-8/h3-6,8,12-13H,1-2,7H2,(H,14,15). The lowest BCUT2D eigenvalue weighted by molar-refractivity contribution is -0.139. The molecule has 3 N–H and O–H groups in total. The zero-order valence-electron chi connectivity index (χ0n) is 10.00. The molecule has 1 aromatic carbocycles. The molecule has 0 atom stereocenters. The number of ether oxygens (including phenoxy) is 1. The highest BCUT2D eigenvalue weighted by Crippen LogP contribution is 2.21. The Kier molecular flexibility index (Phi) is 3.91. The van der Waals surface area contributed by atoms with Crippen molar-refractivity contribution >= 4 is 21.9 Å². The van der Waals surface area contributed by atoms with Crippen LogP contribution in [-0.2, 0) is 15.0 Å². The van der Waals surface area contributed by atoms with E-state index in [9.17, 15) is 13.2 Å². The zero-order valence-corrected chi connectivity index (χ0v) is 10.8. The molecule has 0 amide bonds. The first-order valence-corrected chi connectivity index (χ1v) is 7.18. The Bertz CT molecular complexity index is 551. The van der Waals surface area contributed by atoms with Crippen molar-refractivity contribution < 1.29 is 23.1 Å². The van der Waals surface area contributed by atoms with Gasteiger partial charge in [0.05, 0.1) is 5.69 Å². The number of carboxylic acid groups (broad SMARTS) is 1. The SMILES string of the molecule is O=C(O)COc1ccc(NS(=O)(=O)NC2CC2)cc1. The summed E-state index contributed by atoms with van der Waals surface area (Å²) in [5, 5.41) is 8.45. The third-order valence-corrected chi connectivity index (χ3v) is 3.52. The maximum absolute atomic E-state index is 11.6. The summed E-state index contributed by atoms with van der Waals surface area (Å²) in [5.74, 6) is -0.709. The second kappa shape index (κ2) is 5.45. The van der Waals surface area contributed by atoms with Gasteiger partial charge in [-0.1, -0.05) is 0 Å². The van der Waals surface area contributed by atoms with Gasteiger partial charge in [-0.15, -0.1) is 0 Å². The molecule has 2 rings (SSSR count). The lowest BCUT2D eigenvalue weighted by Gasteiger charge is -2.09. The molecule has 0 saturated heterocycles. The third kappa shape index (κ3) is 4.76. The molecule has 0 aromatic heterocycles. The van der Waals surface area contributed by atoms with Crippen LogP contribution >= 0.6 is 0 Å². The topological polar surface area (TPSA) is 105 Å². The molecule has 7 nitrogen and oxygen atoms in total. The largest absolute Gasteiger partial charge is 0.482 e. The Hall–Kier alpha value is -1.80. The molecule has 0 bridgehead atoms. The molecule has 1 aliphatic carbocycles. The van der Waals surface area contributed by atoms with E-state index in [1.54, 1.807) is 0 Å². The minimum atomic E-state index is -3.54. The van der Waals surface area contributed by atoms with Gasteiger partial charge in [0, 0.05) is 6.04 Å². The molecule has 0 heterocycles. The van der Waals surface area contributed by atoms with Crippen LogP contribution in [0.1, 0.15) is 12.8 Å². The normalized spacial score (nSPS) is 14.9. The number of hydrogen-bond donors (Lipinski definition) is 3. The summed E-state index contributed by atoms with van der Waals surface area (Å²) in [5.41, 5.74) is 0.385. The number of aliphatic carboxylic acids is 1. The summed E-state index contributed by atoms with van der Waals surface area (Å²) in [6.07, 6.45) is 1.73. The average Bonchev–Trinajstić information content (AvgIpc) is 3.10. The Balaban J connectivity index is 1.92. The third-order valence-electron chi connectivity index (χ3n) is 2.37. The lowest BCUT2D eigenvalue weighted by Crippen LogP contribution is -2.31. The second-order valence-corrected chi connectivity index (χ2v) is 5.65. The number of anilines is 1. The molecular weight excluding hydrogens is 272 g/mol. The minimum Gasteiger partial charge on any atom is -0.482 e. The Morgan fingerprint density at radius 1 is 1.32 bits per heavy atom. The molecule has 0 aliphatic heterocycles. The van der Waals surface area contributed by atoms with Gasteiger partial charge in [0.15, 0.2) is 6.61 Å². The second-order valence-electron chi connectivity index (χ2n) is 4.20. The van der Waals surface area contributed by atoms with Gasteiger partial charge in [0.25, 0.3) is 10.2 Å². The first-order valence-electron chi connectivity index (χ1n) is 5.69. The van der Waals surface area contributed by atoms with Crippen LogP contribution < -0.4 is 14.2 Å². The molecule has 1 fully saturated rings. The van der Waals surface area contributed by atoms with Crippen LogP contribution in [-0.4, -0.2) is 32.1 Å². The minimum absolute atomic E-state index is 0.0377. The summed E-state index contributed by atoms with van der Waals surface area (Å²) in [4.78, 5) is 10.3. The summed E-state index contributed by atoms with van der Waals surface area (Å²) < 4.78 is 33.0. The smallest absolute Gasteiger partial charge is 0.341 e. The molecule has 1 aliphatic rings. The number of hydrogen-bond acceptors (Lipinski definition) is 4. The van der Waals surface area contributed by atoms with Gasteiger partial charge in [-0.25, -0.2) is 4.79 Å². The lowest BCUT2D eigenvalue weighted by atomic mass is 10.3. The zero-order chi connectivity index (χ0) is 13.9. The number of benzene rings is 1. The van der Waals surface area contributed by atoms with Crippen molar-refractivity contribution in [3.8, 4) is 5.75 Å². The number of carboxylic acids is 1. The molecule has 0 spiro atoms. The Morgan fingerprint density at radius 2 is 1.95 bits per heavy atom. The number of carbonyl (C=O) groups is 1. The Morgan fingerprint density at radius 3 is 2.47 bits per heavy atom. The highest BCUT2D eigenvalue weighted by Gasteiger charge is 2.26. The van der Waals surface area contributed by atoms with Crippen LogP contribution in [0.5, 0.6) is 5.75 Å². The fourth-order valence-electron chi connectivity index (χ4n) is 1.37. The Labute approximate surface area is 110 Å². The van der Waals surface area contributed by atoms with E-state index >= 15 is 0 Å². The van der Waals surface area contributed by atoms with Crippen LogP contribution in [0, 0.1) is 0 Å². The molecule has 19 heavy (non-hydrogen) atoms. The van der Waals surface area contributed by atoms with Crippen LogP contribution in [0.15, 0.2) is 24.3 Å². The van der Waals surface area contributed by atoms with E-state index in [-0.39, 0.29) is 6.04 Å². The van der Waals surface area contributed by atoms with Crippen molar-refractivity contribution in [2.24, 2.45) is 0 Å². The fraction of sp³-hybridized carbons (Fsp3) is 0.364. The molecule has 1 saturated carbocycles. The van der Waals surface area contributed by atoms with E-state index in [2.05, 4.69) is 9.44 Å². The molecule has 104 valence electrons. The summed E-state index contributed by atoms with van der Waals surface area (Å²) in [6, 6.07) is 6.04. The predicted molar refractivity (Wildman–Crippen MR) is 68.3 cm³/mol. The quantitative estimate of drug-likeness (QED) is 0.679. The van der Waals surface area contributed by atoms with Crippen LogP contribution in [0.25, 0.3) is 0 Å². The van der Waals surface area contributed by atoms with Crippen LogP contribution in [0.3, 0.4) is 0 Å². The van der Waals surface area contributed by atoms with Crippen molar-refractivity contribution in [1.82, 2.24) is 4.72 Å². The van der Waals surface area contributed by atoms with E-state index < -0.39 is 22.8 Å². The molecule has 0 unspecified atom stereocenters. The first kappa shape index (κ1) is 13.6. The first-order chi connectivity index (χ1) is 8.94. The van der Waals surface area contributed by atoms with Gasteiger partial charge in [-0.05, 0) is 37.1 Å². The highest BCUT2D eigenvalue weighted by atomic mass is 32.2. The van der Waals surface area contributed by atoms with Gasteiger partial charge in [-0.2, -0.15) is 13.1 Å². The summed E-state index contributed by atoms with van der Waals surface area (Å²) >= 11 is 0. The van der Waals surface area contributed by atoms with Gasteiger partial charge in [0.2, 0.25) is 0 Å². The van der Waals surface area contributed by atoms with Gasteiger partial charge in [-0.3, -0.25) is 4.72 Å². The van der Waals surface area contributed by atoms with E-state index in [4.69, 9.17) is 9.84 Å². The van der Waals surface area contributed by atoms with E-state index in [0.29, 0.717) is 11.4 Å². The summed E-state index contributed by atoms with van der Waals surface area (Å²) in [7, 11) is -3.54. The van der Waals surface area contributed by atoms with E-state index in [1.165, 1.54) is 24.3 Å². The maximum Gasteiger partial charge on any atom is 0.341 e. The predicted octanol–water partition coefficient (Wildman–Crippen LogP) is 0.559. The number of rotatable bonds is 7. The van der Waals surface area contributed by atoms with Crippen molar-refractivity contribution in [2.75, 3.05) is 11.3 Å². The van der Waals surface area contributed by atoms with Crippen molar-refractivity contribution in [2.45, 2.75) is 18.9 Å². The van der Waals surface area contributed by atoms with Gasteiger partial charge >= 0.3 is 5.97 Å². The van der Waals surface area contributed by atoms with E-state index in [0.717, 1.165) is 12.8 Å². The molecule has 1 aromatic rings. The van der Waals surface area contributed by atoms with Crippen molar-refractivity contribution in [3.63, 3.8) is 0 Å². The average molecular weight is 286 g/mol. The highest BCUT2D eigenvalue weighted by molar-refractivity contribution is 7.90. The molecule has 8 heteroatoms. The van der Waals surface area contributed by atoms with Gasteiger partial charge < -0.3 is 9.84 Å². The van der Waals surface area contributed by atoms with Crippen molar-refractivity contribution in [3.05, 3.63) is 24.3 Å². The maximum atomic E-state index is 11.6. The molecular formula is C11H14N2O5S. The summed E-state index contributed by atoms with van der Waals surface area (Å²) in [6.45, 7) is -0.436. The molecule has 0 radical (unpaired) electrons. The van der Waals surface area contributed by atoms with Gasteiger partial charge in [0.1, 0.15) is 5.75 Å². The van der Waals surface area contributed by atoms with Crippen LogP contribution in [0.2, 0.25) is 0 Å². The van der Waals surface area contributed by atoms with Crippen LogP contribution in [0.4, 0.5) is 5.69 Å². The monoisotopic (exact) mass is 286 g/mol. The fourth-order valence-corrected chi connectivity index (χ4v) is 2.55.